The Balaban J connectivity index is 1.81. The highest BCUT2D eigenvalue weighted by Gasteiger charge is 2.47. The molecule has 2 aliphatic rings. The van der Waals surface area contributed by atoms with Crippen LogP contribution in [0.25, 0.3) is 5.76 Å². The van der Waals surface area contributed by atoms with Gasteiger partial charge in [0.25, 0.3) is 11.7 Å². The molecule has 4 rings (SSSR count). The molecule has 1 N–H and O–H groups in total. The maximum Gasteiger partial charge on any atom is 0.295 e. The lowest BCUT2D eigenvalue weighted by atomic mass is 9.93. The van der Waals surface area contributed by atoms with Crippen molar-refractivity contribution in [1.29, 1.82) is 0 Å². The summed E-state index contributed by atoms with van der Waals surface area (Å²) in [5.74, 6) is -0.571. The van der Waals surface area contributed by atoms with Crippen LogP contribution >= 0.6 is 0 Å². The third-order valence-corrected chi connectivity index (χ3v) is 6.23. The van der Waals surface area contributed by atoms with Gasteiger partial charge < -0.3 is 19.5 Å². The first-order chi connectivity index (χ1) is 15.4. The molecular formula is C26H29NO5. The van der Waals surface area contributed by atoms with Crippen LogP contribution < -0.4 is 4.74 Å². The fourth-order valence-corrected chi connectivity index (χ4v) is 4.41. The largest absolute Gasteiger partial charge is 0.507 e. The van der Waals surface area contributed by atoms with E-state index in [1.807, 2.05) is 24.3 Å². The molecule has 2 fully saturated rings. The minimum atomic E-state index is -0.679. The molecule has 168 valence electrons. The van der Waals surface area contributed by atoms with Crippen LogP contribution in [-0.2, 0) is 14.3 Å². The maximum absolute atomic E-state index is 13.1. The normalized spacial score (nSPS) is 22.7. The topological polar surface area (TPSA) is 76.1 Å². The van der Waals surface area contributed by atoms with Crippen LogP contribution in [0, 0.1) is 0 Å². The third-order valence-electron chi connectivity index (χ3n) is 6.23. The molecule has 2 aliphatic heterocycles. The highest BCUT2D eigenvalue weighted by molar-refractivity contribution is 6.46. The molecule has 6 nitrogen and oxygen atoms in total. The molecule has 32 heavy (non-hydrogen) atoms. The smallest absolute Gasteiger partial charge is 0.295 e. The van der Waals surface area contributed by atoms with Gasteiger partial charge >= 0.3 is 0 Å². The maximum atomic E-state index is 13.1. The predicted molar refractivity (Wildman–Crippen MR) is 122 cm³/mol. The molecule has 2 atom stereocenters. The van der Waals surface area contributed by atoms with Crippen molar-refractivity contribution >= 4 is 17.4 Å². The van der Waals surface area contributed by atoms with E-state index in [-0.39, 0.29) is 17.4 Å². The Bertz CT molecular complexity index is 1030. The van der Waals surface area contributed by atoms with Gasteiger partial charge in [-0.05, 0) is 42.0 Å². The van der Waals surface area contributed by atoms with Crippen molar-refractivity contribution in [2.24, 2.45) is 0 Å². The molecule has 2 heterocycles. The number of Topliss-reactive ketones (excluding diaryl/α,β-unsaturated/α-hetero) is 1. The summed E-state index contributed by atoms with van der Waals surface area (Å²) in [5, 5.41) is 11.2. The number of amides is 1. The number of nitrogens with zero attached hydrogens (tertiary/aromatic N) is 1. The number of carbonyl (C=O) groups excluding carboxylic acids is 2. The van der Waals surface area contributed by atoms with Crippen LogP contribution in [0.5, 0.6) is 5.75 Å². The SMILES string of the molecule is COc1cccc(/C(O)=C2/C(=O)C(=O)N(CC3CCCO3)C2c2ccc(C(C)C)cc2)c1. The van der Waals surface area contributed by atoms with Crippen molar-refractivity contribution < 1.29 is 24.2 Å². The molecule has 2 unspecified atom stereocenters. The van der Waals surface area contributed by atoms with Crippen LogP contribution in [0.3, 0.4) is 0 Å². The fraction of sp³-hybridized carbons (Fsp3) is 0.385. The summed E-state index contributed by atoms with van der Waals surface area (Å²) in [5.41, 5.74) is 2.48. The summed E-state index contributed by atoms with van der Waals surface area (Å²) in [7, 11) is 1.54. The molecule has 0 saturated carbocycles. The molecule has 0 radical (unpaired) electrons. The van der Waals surface area contributed by atoms with Gasteiger partial charge in [-0.2, -0.15) is 0 Å². The Morgan fingerprint density at radius 2 is 1.94 bits per heavy atom. The lowest BCUT2D eigenvalue weighted by molar-refractivity contribution is -0.140. The lowest BCUT2D eigenvalue weighted by Crippen LogP contribution is -2.36. The van der Waals surface area contributed by atoms with Crippen LogP contribution in [0.2, 0.25) is 0 Å². The van der Waals surface area contributed by atoms with E-state index >= 15 is 0 Å². The molecule has 6 heteroatoms. The first kappa shape index (κ1) is 22.1. The molecule has 2 saturated heterocycles. The number of hydrogen-bond acceptors (Lipinski definition) is 5. The quantitative estimate of drug-likeness (QED) is 0.413. The monoisotopic (exact) mass is 435 g/mol. The molecule has 1 amide bonds. The summed E-state index contributed by atoms with van der Waals surface area (Å²) < 4.78 is 11.0. The van der Waals surface area contributed by atoms with E-state index in [9.17, 15) is 14.7 Å². The molecule has 0 bridgehead atoms. The van der Waals surface area contributed by atoms with Crippen molar-refractivity contribution in [2.45, 2.75) is 44.8 Å². The van der Waals surface area contributed by atoms with Gasteiger partial charge in [0.15, 0.2) is 0 Å². The van der Waals surface area contributed by atoms with Crippen LogP contribution in [0.4, 0.5) is 0 Å². The van der Waals surface area contributed by atoms with Crippen molar-refractivity contribution in [3.05, 3.63) is 70.8 Å². The number of carbonyl (C=O) groups is 2. The minimum Gasteiger partial charge on any atom is -0.507 e. The number of likely N-dealkylation sites (tertiary alicyclic amines) is 1. The van der Waals surface area contributed by atoms with Gasteiger partial charge in [0.2, 0.25) is 0 Å². The predicted octanol–water partition coefficient (Wildman–Crippen LogP) is 4.42. The summed E-state index contributed by atoms with van der Waals surface area (Å²) in [4.78, 5) is 27.8. The Morgan fingerprint density at radius 3 is 2.56 bits per heavy atom. The van der Waals surface area contributed by atoms with Gasteiger partial charge in [0.1, 0.15) is 11.5 Å². The molecule has 0 aromatic heterocycles. The van der Waals surface area contributed by atoms with Gasteiger partial charge in [-0.3, -0.25) is 9.59 Å². The number of ketones is 1. The highest BCUT2D eigenvalue weighted by atomic mass is 16.5. The number of ether oxygens (including phenoxy) is 2. The number of benzene rings is 2. The highest BCUT2D eigenvalue weighted by Crippen LogP contribution is 2.40. The fourth-order valence-electron chi connectivity index (χ4n) is 4.41. The first-order valence-corrected chi connectivity index (χ1v) is 11.0. The molecule has 2 aromatic carbocycles. The number of hydrogen-bond donors (Lipinski definition) is 1. The molecule has 0 aliphatic carbocycles. The van der Waals surface area contributed by atoms with E-state index in [0.717, 1.165) is 24.0 Å². The Hall–Kier alpha value is -3.12. The van der Waals surface area contributed by atoms with Crippen LogP contribution in [0.15, 0.2) is 54.1 Å². The number of aliphatic hydroxyl groups excluding tert-OH is 1. The van der Waals surface area contributed by atoms with E-state index in [4.69, 9.17) is 9.47 Å². The third kappa shape index (κ3) is 4.15. The molecule has 2 aromatic rings. The van der Waals surface area contributed by atoms with E-state index in [1.54, 1.807) is 29.2 Å². The van der Waals surface area contributed by atoms with Gasteiger partial charge in [0.05, 0.1) is 24.8 Å². The van der Waals surface area contributed by atoms with Crippen molar-refractivity contribution in [1.82, 2.24) is 4.90 Å². The second-order valence-electron chi connectivity index (χ2n) is 8.64. The Kier molecular flexibility index (Phi) is 6.33. The average molecular weight is 436 g/mol. The van der Waals surface area contributed by atoms with Crippen molar-refractivity contribution in [3.63, 3.8) is 0 Å². The van der Waals surface area contributed by atoms with Crippen molar-refractivity contribution in [3.8, 4) is 5.75 Å². The van der Waals surface area contributed by atoms with Crippen molar-refractivity contribution in [2.75, 3.05) is 20.3 Å². The Labute approximate surface area is 188 Å². The lowest BCUT2D eigenvalue weighted by Gasteiger charge is -2.27. The van der Waals surface area contributed by atoms with E-state index in [0.29, 0.717) is 30.4 Å². The number of aliphatic hydroxyl groups is 1. The van der Waals surface area contributed by atoms with Gasteiger partial charge in [0, 0.05) is 18.7 Å². The second-order valence-corrected chi connectivity index (χ2v) is 8.64. The summed E-state index contributed by atoms with van der Waals surface area (Å²) in [6.07, 6.45) is 1.67. The molecular weight excluding hydrogens is 406 g/mol. The zero-order chi connectivity index (χ0) is 22.8. The van der Waals surface area contributed by atoms with E-state index < -0.39 is 17.7 Å². The van der Waals surface area contributed by atoms with Crippen LogP contribution in [-0.4, -0.2) is 48.1 Å². The van der Waals surface area contributed by atoms with Gasteiger partial charge in [-0.15, -0.1) is 0 Å². The zero-order valence-electron chi connectivity index (χ0n) is 18.7. The van der Waals surface area contributed by atoms with Gasteiger partial charge in [-0.1, -0.05) is 50.2 Å². The standard InChI is InChI=1S/C26H29NO5/c1-16(2)17-9-11-18(12-10-17)23-22(24(28)19-6-4-7-20(14-19)31-3)25(29)26(30)27(23)15-21-8-5-13-32-21/h4,6-7,9-12,14,16,21,23,28H,5,8,13,15H2,1-3H3/b24-22-. The van der Waals surface area contributed by atoms with Crippen LogP contribution in [0.1, 0.15) is 55.3 Å². The number of rotatable bonds is 6. The van der Waals surface area contributed by atoms with E-state index in [1.165, 1.54) is 7.11 Å². The molecule has 0 spiro atoms. The Morgan fingerprint density at radius 1 is 1.19 bits per heavy atom. The summed E-state index contributed by atoms with van der Waals surface area (Å²) in [6, 6.07) is 14.1. The van der Waals surface area contributed by atoms with Gasteiger partial charge in [-0.25, -0.2) is 0 Å². The average Bonchev–Trinajstić information content (AvgIpc) is 3.41. The van der Waals surface area contributed by atoms with E-state index in [2.05, 4.69) is 13.8 Å². The second kappa shape index (κ2) is 9.17. The zero-order valence-corrected chi connectivity index (χ0v) is 18.7. The first-order valence-electron chi connectivity index (χ1n) is 11.0. The summed E-state index contributed by atoms with van der Waals surface area (Å²) in [6.45, 7) is 5.20. The number of methoxy groups -OCH3 is 1. The summed E-state index contributed by atoms with van der Waals surface area (Å²) >= 11 is 0. The minimum absolute atomic E-state index is 0.0959.